The number of nitrogens with one attached hydrogen (secondary N) is 2. The van der Waals surface area contributed by atoms with E-state index in [4.69, 9.17) is 4.52 Å². The Bertz CT molecular complexity index is 604. The lowest BCUT2D eigenvalue weighted by Gasteiger charge is -2.36. The topological polar surface area (TPSA) is 86.0 Å². The van der Waals surface area contributed by atoms with Crippen LogP contribution in [0.5, 0.6) is 0 Å². The van der Waals surface area contributed by atoms with Crippen molar-refractivity contribution in [2.24, 2.45) is 10.9 Å². The summed E-state index contributed by atoms with van der Waals surface area (Å²) in [7, 11) is 1.81. The maximum Gasteiger partial charge on any atom is 0.220 e. The zero-order valence-electron chi connectivity index (χ0n) is 17.0. The van der Waals surface area contributed by atoms with Crippen molar-refractivity contribution in [1.82, 2.24) is 25.6 Å². The van der Waals surface area contributed by atoms with Crippen LogP contribution >= 0.6 is 0 Å². The van der Waals surface area contributed by atoms with Gasteiger partial charge in [0.1, 0.15) is 6.26 Å². The van der Waals surface area contributed by atoms with Gasteiger partial charge in [0.15, 0.2) is 5.96 Å². The standard InChI is InChI=1S/C20H34N6O2/c1-21-20(23-9-8-22-19(27)15-17-5-3-2-4-6-17)26-12-10-25(11-13-26)16-18-7-14-28-24-18/h7,14,17H,2-6,8-13,15-16H2,1H3,(H,21,23)(H,22,27). The monoisotopic (exact) mass is 390 g/mol. The van der Waals surface area contributed by atoms with Crippen molar-refractivity contribution in [1.29, 1.82) is 0 Å². The van der Waals surface area contributed by atoms with Crippen LogP contribution in [0.3, 0.4) is 0 Å². The second kappa shape index (κ2) is 11.0. The van der Waals surface area contributed by atoms with Crippen LogP contribution in [0.1, 0.15) is 44.2 Å². The third-order valence-electron chi connectivity index (χ3n) is 5.69. The zero-order chi connectivity index (χ0) is 19.6. The Morgan fingerprint density at radius 2 is 1.93 bits per heavy atom. The highest BCUT2D eigenvalue weighted by Crippen LogP contribution is 2.25. The van der Waals surface area contributed by atoms with Gasteiger partial charge in [0, 0.05) is 65.3 Å². The second-order valence-corrected chi connectivity index (χ2v) is 7.79. The SMILES string of the molecule is CN=C(NCCNC(=O)CC1CCCCC1)N1CCN(Cc2ccon2)CC1. The summed E-state index contributed by atoms with van der Waals surface area (Å²) < 4.78 is 4.90. The van der Waals surface area contributed by atoms with Crippen LogP contribution in [0.15, 0.2) is 21.8 Å². The lowest BCUT2D eigenvalue weighted by Crippen LogP contribution is -2.53. The lowest BCUT2D eigenvalue weighted by atomic mass is 9.87. The van der Waals surface area contributed by atoms with Crippen molar-refractivity contribution in [3.8, 4) is 0 Å². The molecule has 1 aromatic rings. The minimum Gasteiger partial charge on any atom is -0.364 e. The fourth-order valence-electron chi connectivity index (χ4n) is 4.10. The Balaban J connectivity index is 1.29. The van der Waals surface area contributed by atoms with Crippen molar-refractivity contribution in [2.45, 2.75) is 45.1 Å². The van der Waals surface area contributed by atoms with Gasteiger partial charge in [-0.05, 0) is 18.8 Å². The molecule has 1 aliphatic heterocycles. The van der Waals surface area contributed by atoms with Crippen molar-refractivity contribution in [3.05, 3.63) is 18.0 Å². The molecule has 8 nitrogen and oxygen atoms in total. The number of carbonyl (C=O) groups excluding carboxylic acids is 1. The Hall–Kier alpha value is -2.09. The summed E-state index contributed by atoms with van der Waals surface area (Å²) in [5.41, 5.74) is 0.972. The van der Waals surface area contributed by atoms with E-state index in [0.717, 1.165) is 44.4 Å². The molecule has 1 aromatic heterocycles. The Kier molecular flexibility index (Phi) is 8.14. The first-order valence-corrected chi connectivity index (χ1v) is 10.6. The predicted octanol–water partition coefficient (Wildman–Crippen LogP) is 1.45. The quantitative estimate of drug-likeness (QED) is 0.416. The summed E-state index contributed by atoms with van der Waals surface area (Å²) in [5.74, 6) is 1.68. The van der Waals surface area contributed by atoms with Crippen LogP contribution in [-0.4, -0.2) is 73.1 Å². The van der Waals surface area contributed by atoms with Gasteiger partial charge in [-0.3, -0.25) is 14.7 Å². The number of carbonyl (C=O) groups is 1. The summed E-state index contributed by atoms with van der Waals surface area (Å²) in [6.45, 7) is 5.93. The minimum absolute atomic E-state index is 0.185. The van der Waals surface area contributed by atoms with Crippen LogP contribution in [0.4, 0.5) is 0 Å². The van der Waals surface area contributed by atoms with Gasteiger partial charge in [-0.25, -0.2) is 0 Å². The molecule has 0 spiro atoms. The first-order chi connectivity index (χ1) is 13.7. The largest absolute Gasteiger partial charge is 0.364 e. The summed E-state index contributed by atoms with van der Waals surface area (Å²) in [6, 6.07) is 1.91. The maximum absolute atomic E-state index is 12.1. The highest BCUT2D eigenvalue weighted by Gasteiger charge is 2.20. The fraction of sp³-hybridized carbons (Fsp3) is 0.750. The molecule has 0 bridgehead atoms. The van der Waals surface area contributed by atoms with E-state index in [1.165, 1.54) is 32.1 Å². The van der Waals surface area contributed by atoms with E-state index in [2.05, 4.69) is 30.6 Å². The molecule has 2 N–H and O–H groups in total. The van der Waals surface area contributed by atoms with E-state index in [9.17, 15) is 4.79 Å². The number of amides is 1. The molecule has 0 atom stereocenters. The van der Waals surface area contributed by atoms with Crippen LogP contribution in [-0.2, 0) is 11.3 Å². The molecule has 1 saturated carbocycles. The van der Waals surface area contributed by atoms with E-state index < -0.39 is 0 Å². The van der Waals surface area contributed by atoms with Crippen molar-refractivity contribution >= 4 is 11.9 Å². The molecular formula is C20H34N6O2. The molecular weight excluding hydrogens is 356 g/mol. The molecule has 28 heavy (non-hydrogen) atoms. The number of hydrogen-bond acceptors (Lipinski definition) is 5. The number of piperazine rings is 1. The highest BCUT2D eigenvalue weighted by molar-refractivity contribution is 5.80. The molecule has 1 aliphatic carbocycles. The predicted molar refractivity (Wildman–Crippen MR) is 109 cm³/mol. The van der Waals surface area contributed by atoms with Crippen molar-refractivity contribution < 1.29 is 9.32 Å². The van der Waals surface area contributed by atoms with E-state index in [1.807, 2.05) is 13.1 Å². The summed E-state index contributed by atoms with van der Waals surface area (Å²) >= 11 is 0. The molecule has 156 valence electrons. The molecule has 3 rings (SSSR count). The van der Waals surface area contributed by atoms with Crippen LogP contribution in [0.2, 0.25) is 0 Å². The van der Waals surface area contributed by atoms with Gasteiger partial charge in [0.2, 0.25) is 5.91 Å². The Morgan fingerprint density at radius 3 is 2.61 bits per heavy atom. The average molecular weight is 391 g/mol. The van der Waals surface area contributed by atoms with E-state index >= 15 is 0 Å². The van der Waals surface area contributed by atoms with Gasteiger partial charge in [-0.2, -0.15) is 0 Å². The van der Waals surface area contributed by atoms with E-state index in [1.54, 1.807) is 6.26 Å². The number of aromatic nitrogens is 1. The summed E-state index contributed by atoms with van der Waals surface area (Å²) in [6.07, 6.45) is 8.61. The maximum atomic E-state index is 12.1. The van der Waals surface area contributed by atoms with Gasteiger partial charge in [-0.1, -0.05) is 24.4 Å². The molecule has 2 aliphatic rings. The number of aliphatic imine (C=N–C) groups is 1. The number of nitrogens with zero attached hydrogens (tertiary/aromatic N) is 4. The number of rotatable bonds is 7. The fourth-order valence-corrected chi connectivity index (χ4v) is 4.10. The zero-order valence-corrected chi connectivity index (χ0v) is 17.0. The van der Waals surface area contributed by atoms with Gasteiger partial charge in [-0.15, -0.1) is 0 Å². The summed E-state index contributed by atoms with van der Waals surface area (Å²) in [5, 5.41) is 10.4. The van der Waals surface area contributed by atoms with Gasteiger partial charge >= 0.3 is 0 Å². The molecule has 0 aromatic carbocycles. The molecule has 0 radical (unpaired) electrons. The summed E-state index contributed by atoms with van der Waals surface area (Å²) in [4.78, 5) is 21.1. The third-order valence-corrected chi connectivity index (χ3v) is 5.69. The number of hydrogen-bond donors (Lipinski definition) is 2. The average Bonchev–Trinajstić information content (AvgIpc) is 3.23. The molecule has 1 amide bonds. The van der Waals surface area contributed by atoms with Gasteiger partial charge < -0.3 is 20.1 Å². The third kappa shape index (κ3) is 6.51. The molecule has 1 saturated heterocycles. The lowest BCUT2D eigenvalue weighted by molar-refractivity contribution is -0.122. The van der Waals surface area contributed by atoms with Gasteiger partial charge in [0.05, 0.1) is 5.69 Å². The van der Waals surface area contributed by atoms with E-state index in [-0.39, 0.29) is 5.91 Å². The smallest absolute Gasteiger partial charge is 0.220 e. The number of guanidine groups is 1. The Labute approximate surface area is 167 Å². The van der Waals surface area contributed by atoms with Crippen molar-refractivity contribution in [2.75, 3.05) is 46.3 Å². The minimum atomic E-state index is 0.185. The highest BCUT2D eigenvalue weighted by atomic mass is 16.5. The molecule has 0 unspecified atom stereocenters. The van der Waals surface area contributed by atoms with E-state index in [0.29, 0.717) is 25.4 Å². The normalized spacial score (nSPS) is 19.6. The van der Waals surface area contributed by atoms with Crippen LogP contribution in [0, 0.1) is 5.92 Å². The Morgan fingerprint density at radius 1 is 1.18 bits per heavy atom. The first-order valence-electron chi connectivity index (χ1n) is 10.6. The molecule has 2 heterocycles. The molecule has 2 fully saturated rings. The van der Waals surface area contributed by atoms with Crippen LogP contribution in [0.25, 0.3) is 0 Å². The van der Waals surface area contributed by atoms with Crippen LogP contribution < -0.4 is 10.6 Å². The second-order valence-electron chi connectivity index (χ2n) is 7.79. The van der Waals surface area contributed by atoms with Crippen molar-refractivity contribution in [3.63, 3.8) is 0 Å². The van der Waals surface area contributed by atoms with Gasteiger partial charge in [0.25, 0.3) is 0 Å². The molecule has 8 heteroatoms. The first kappa shape index (κ1) is 20.6.